The summed E-state index contributed by atoms with van der Waals surface area (Å²) in [7, 11) is 0. The Kier molecular flexibility index (Phi) is 4.66. The van der Waals surface area contributed by atoms with Crippen molar-refractivity contribution in [2.75, 3.05) is 24.5 Å². The molecule has 0 amide bonds. The van der Waals surface area contributed by atoms with Gasteiger partial charge in [0.1, 0.15) is 11.4 Å². The molecule has 136 valence electrons. The predicted octanol–water partition coefficient (Wildman–Crippen LogP) is 4.79. The van der Waals surface area contributed by atoms with E-state index in [2.05, 4.69) is 53.7 Å². The summed E-state index contributed by atoms with van der Waals surface area (Å²) < 4.78 is 6.45. The zero-order valence-corrected chi connectivity index (χ0v) is 15.8. The first-order valence-corrected chi connectivity index (χ1v) is 9.71. The Morgan fingerprint density at radius 3 is 2.81 bits per heavy atom. The number of hydrogen-bond donors (Lipinski definition) is 0. The zero-order valence-electron chi connectivity index (χ0n) is 15.8. The Labute approximate surface area is 156 Å². The highest BCUT2D eigenvalue weighted by Crippen LogP contribution is 2.46. The first-order valence-electron chi connectivity index (χ1n) is 9.71. The summed E-state index contributed by atoms with van der Waals surface area (Å²) in [4.78, 5) is 11.4. The lowest BCUT2D eigenvalue weighted by Crippen LogP contribution is -2.34. The van der Waals surface area contributed by atoms with E-state index in [4.69, 9.17) is 4.74 Å². The van der Waals surface area contributed by atoms with Gasteiger partial charge in [-0.2, -0.15) is 0 Å². The van der Waals surface area contributed by atoms with E-state index in [1.807, 2.05) is 0 Å². The molecule has 4 rings (SSSR count). The minimum Gasteiger partial charge on any atom is -0.459 e. The molecule has 1 aromatic rings. The maximum absolute atomic E-state index is 6.45. The Morgan fingerprint density at radius 2 is 2.04 bits per heavy atom. The summed E-state index contributed by atoms with van der Waals surface area (Å²) in [5, 5.41) is 0. The van der Waals surface area contributed by atoms with Crippen LogP contribution in [0.4, 0.5) is 11.4 Å². The van der Waals surface area contributed by atoms with E-state index in [-0.39, 0.29) is 0 Å². The number of aryl methyl sites for hydroxylation is 1. The van der Waals surface area contributed by atoms with Crippen molar-refractivity contribution in [3.63, 3.8) is 0 Å². The van der Waals surface area contributed by atoms with Crippen LogP contribution in [0.15, 0.2) is 39.5 Å². The molecular weight excluding hydrogens is 322 g/mol. The van der Waals surface area contributed by atoms with Crippen molar-refractivity contribution in [1.29, 1.82) is 0 Å². The molecule has 1 aromatic carbocycles. The van der Waals surface area contributed by atoms with Crippen LogP contribution in [0.5, 0.6) is 5.75 Å². The number of rotatable bonds is 4. The van der Waals surface area contributed by atoms with Gasteiger partial charge in [0.2, 0.25) is 0 Å². The maximum Gasteiger partial charge on any atom is 0.157 e. The molecule has 0 unspecified atom stereocenters. The molecule has 0 N–H and O–H groups in total. The van der Waals surface area contributed by atoms with Crippen LogP contribution in [-0.2, 0) is 12.8 Å². The minimum atomic E-state index is 0.781. The molecule has 3 aliphatic rings. The van der Waals surface area contributed by atoms with Crippen LogP contribution in [0, 0.1) is 0 Å². The fraction of sp³-hybridized carbons (Fsp3) is 0.455. The largest absolute Gasteiger partial charge is 0.459 e. The summed E-state index contributed by atoms with van der Waals surface area (Å²) in [6, 6.07) is 2.18. The van der Waals surface area contributed by atoms with E-state index >= 15 is 0 Å². The van der Waals surface area contributed by atoms with Gasteiger partial charge in [0.15, 0.2) is 5.75 Å². The molecule has 2 heterocycles. The lowest BCUT2D eigenvalue weighted by atomic mass is 9.90. The second-order valence-electron chi connectivity index (χ2n) is 7.23. The Balaban J connectivity index is 1.75. The summed E-state index contributed by atoms with van der Waals surface area (Å²) >= 11 is 0. The Morgan fingerprint density at radius 1 is 1.23 bits per heavy atom. The number of hydrogen-bond acceptors (Lipinski definition) is 4. The third-order valence-electron chi connectivity index (χ3n) is 5.50. The average Bonchev–Trinajstić information content (AvgIpc) is 2.66. The van der Waals surface area contributed by atoms with Gasteiger partial charge in [-0.3, -0.25) is 9.98 Å². The van der Waals surface area contributed by atoms with Gasteiger partial charge in [-0.15, -0.1) is 0 Å². The Bertz CT molecular complexity index is 830. The monoisotopic (exact) mass is 349 g/mol. The molecule has 4 heteroatoms. The highest BCUT2D eigenvalue weighted by Gasteiger charge is 2.29. The second kappa shape index (κ2) is 7.10. The van der Waals surface area contributed by atoms with Crippen molar-refractivity contribution in [1.82, 2.24) is 0 Å². The topological polar surface area (TPSA) is 37.2 Å². The lowest BCUT2D eigenvalue weighted by Gasteiger charge is -2.38. The van der Waals surface area contributed by atoms with Crippen molar-refractivity contribution in [3.8, 4) is 5.75 Å². The molecule has 26 heavy (non-hydrogen) atoms. The fourth-order valence-corrected chi connectivity index (χ4v) is 4.27. The van der Waals surface area contributed by atoms with Crippen LogP contribution in [0.3, 0.4) is 0 Å². The van der Waals surface area contributed by atoms with Crippen molar-refractivity contribution in [3.05, 3.63) is 40.7 Å². The SMILES string of the molecule is C=Nc1cc2c3c(c1OC1=C/C(=N/CC)C(C)=CC1)CCCN3CCC2. The van der Waals surface area contributed by atoms with Crippen LogP contribution < -0.4 is 9.64 Å². The first-order chi connectivity index (χ1) is 12.7. The zero-order chi connectivity index (χ0) is 18.1. The van der Waals surface area contributed by atoms with Gasteiger partial charge in [-0.25, -0.2) is 0 Å². The normalized spacial score (nSPS) is 20.4. The standard InChI is InChI=1S/C22H27N3O/c1-4-24-19-14-17(10-9-15(19)2)26-22-18-8-6-12-25-11-5-7-16(21(18)25)13-20(22)23-3/h9,13-14H,3-8,10-12H2,1-2H3/b24-19-. The number of nitrogens with zero attached hydrogens (tertiary/aromatic N) is 3. The molecule has 0 spiro atoms. The summed E-state index contributed by atoms with van der Waals surface area (Å²) in [5.41, 5.74) is 7.24. The van der Waals surface area contributed by atoms with Crippen LogP contribution in [0.25, 0.3) is 0 Å². The van der Waals surface area contributed by atoms with Crippen LogP contribution in [0.2, 0.25) is 0 Å². The van der Waals surface area contributed by atoms with Gasteiger partial charge in [0.05, 0.1) is 5.71 Å². The first kappa shape index (κ1) is 17.1. The minimum absolute atomic E-state index is 0.781. The van der Waals surface area contributed by atoms with Crippen LogP contribution >= 0.6 is 0 Å². The van der Waals surface area contributed by atoms with E-state index in [0.717, 1.165) is 61.8 Å². The van der Waals surface area contributed by atoms with Crippen molar-refractivity contribution in [2.45, 2.75) is 46.0 Å². The van der Waals surface area contributed by atoms with Crippen molar-refractivity contribution in [2.24, 2.45) is 9.98 Å². The van der Waals surface area contributed by atoms with Gasteiger partial charge in [0.25, 0.3) is 0 Å². The highest BCUT2D eigenvalue weighted by atomic mass is 16.5. The van der Waals surface area contributed by atoms with Gasteiger partial charge >= 0.3 is 0 Å². The molecular formula is C22H27N3O. The van der Waals surface area contributed by atoms with E-state index in [1.165, 1.54) is 35.2 Å². The summed E-state index contributed by atoms with van der Waals surface area (Å²) in [6.07, 6.45) is 9.64. The number of allylic oxidation sites excluding steroid dienone is 3. The lowest BCUT2D eigenvalue weighted by molar-refractivity contribution is 0.409. The van der Waals surface area contributed by atoms with E-state index < -0.39 is 0 Å². The molecule has 4 nitrogen and oxygen atoms in total. The molecule has 1 aliphatic carbocycles. The summed E-state index contributed by atoms with van der Waals surface area (Å²) in [5.74, 6) is 1.84. The highest BCUT2D eigenvalue weighted by molar-refractivity contribution is 6.09. The quantitative estimate of drug-likeness (QED) is 0.733. The number of benzene rings is 1. The fourth-order valence-electron chi connectivity index (χ4n) is 4.27. The number of ether oxygens (including phenoxy) is 1. The molecule has 2 aliphatic heterocycles. The van der Waals surface area contributed by atoms with E-state index in [9.17, 15) is 0 Å². The summed E-state index contributed by atoms with van der Waals surface area (Å²) in [6.45, 7) is 11.1. The average molecular weight is 349 g/mol. The molecule has 0 atom stereocenters. The maximum atomic E-state index is 6.45. The molecule has 0 saturated carbocycles. The van der Waals surface area contributed by atoms with Crippen molar-refractivity contribution >= 4 is 23.8 Å². The van der Waals surface area contributed by atoms with E-state index in [1.54, 1.807) is 0 Å². The Hall–Kier alpha value is -2.36. The van der Waals surface area contributed by atoms with Gasteiger partial charge < -0.3 is 9.64 Å². The van der Waals surface area contributed by atoms with Crippen LogP contribution in [-0.4, -0.2) is 32.1 Å². The molecule has 0 radical (unpaired) electrons. The third-order valence-corrected chi connectivity index (χ3v) is 5.50. The van der Waals surface area contributed by atoms with Crippen molar-refractivity contribution < 1.29 is 4.74 Å². The third kappa shape index (κ3) is 2.98. The molecule has 0 saturated heterocycles. The molecule has 0 aromatic heterocycles. The number of anilines is 1. The van der Waals surface area contributed by atoms with Gasteiger partial charge in [0, 0.05) is 43.4 Å². The van der Waals surface area contributed by atoms with Gasteiger partial charge in [-0.1, -0.05) is 6.08 Å². The van der Waals surface area contributed by atoms with E-state index in [0.29, 0.717) is 0 Å². The number of aliphatic imine (C=N–C) groups is 2. The van der Waals surface area contributed by atoms with Gasteiger partial charge in [-0.05, 0) is 63.5 Å². The predicted molar refractivity (Wildman–Crippen MR) is 110 cm³/mol. The van der Waals surface area contributed by atoms with Crippen LogP contribution in [0.1, 0.15) is 44.2 Å². The smallest absolute Gasteiger partial charge is 0.157 e. The molecule has 0 bridgehead atoms. The second-order valence-corrected chi connectivity index (χ2v) is 7.23. The molecule has 0 fully saturated rings.